The van der Waals surface area contributed by atoms with Gasteiger partial charge in [0.15, 0.2) is 5.78 Å². The van der Waals surface area contributed by atoms with Crippen LogP contribution in [-0.4, -0.2) is 34.3 Å². The summed E-state index contributed by atoms with van der Waals surface area (Å²) in [4.78, 5) is 29.9. The van der Waals surface area contributed by atoms with E-state index in [1.165, 1.54) is 17.2 Å². The minimum atomic E-state index is -0.633. The number of halogens is 1. The first-order valence-corrected chi connectivity index (χ1v) is 8.92. The number of nitrogens with zero attached hydrogens (tertiary/aromatic N) is 1. The number of Topliss-reactive ketones (excluding diaryl/α,β-unsaturated/α-hetero) is 1. The quantitative estimate of drug-likeness (QED) is 0.701. The van der Waals surface area contributed by atoms with Gasteiger partial charge in [-0.15, -0.1) is 0 Å². The van der Waals surface area contributed by atoms with Crippen LogP contribution >= 0.6 is 0 Å². The fourth-order valence-corrected chi connectivity index (χ4v) is 3.57. The Bertz CT molecular complexity index is 984. The number of fused-ring (bicyclic) bond motifs is 1. The molecule has 0 saturated carbocycles. The van der Waals surface area contributed by atoms with E-state index in [9.17, 15) is 14.0 Å². The number of benzene rings is 2. The summed E-state index contributed by atoms with van der Waals surface area (Å²) in [5.41, 5.74) is 1.72. The zero-order valence-electron chi connectivity index (χ0n) is 14.7. The van der Waals surface area contributed by atoms with E-state index < -0.39 is 18.0 Å². The molecule has 2 aromatic carbocycles. The van der Waals surface area contributed by atoms with Crippen LogP contribution in [0.5, 0.6) is 0 Å². The fraction of sp³-hybridized carbons (Fsp3) is 0.238. The summed E-state index contributed by atoms with van der Waals surface area (Å²) in [6, 6.07) is 13.4. The SMILES string of the molecule is O=C(c1c[nH]c2cccc(F)c12)[C@@H]1CCCN1C(=O)OCc1ccccc1. The van der Waals surface area contributed by atoms with Crippen molar-refractivity contribution in [3.63, 3.8) is 0 Å². The highest BCUT2D eigenvalue weighted by atomic mass is 19.1. The number of carbonyl (C=O) groups is 2. The van der Waals surface area contributed by atoms with Gasteiger partial charge >= 0.3 is 6.09 Å². The summed E-state index contributed by atoms with van der Waals surface area (Å²) in [5.74, 6) is -0.714. The molecule has 5 nitrogen and oxygen atoms in total. The Hall–Kier alpha value is -3.15. The van der Waals surface area contributed by atoms with Crippen molar-refractivity contribution in [2.45, 2.75) is 25.5 Å². The van der Waals surface area contributed by atoms with E-state index in [1.54, 1.807) is 12.1 Å². The highest BCUT2D eigenvalue weighted by Gasteiger charge is 2.36. The largest absolute Gasteiger partial charge is 0.445 e. The van der Waals surface area contributed by atoms with Crippen LogP contribution in [0.4, 0.5) is 9.18 Å². The summed E-state index contributed by atoms with van der Waals surface area (Å²) in [5, 5.41) is 0.270. The van der Waals surface area contributed by atoms with E-state index in [2.05, 4.69) is 4.98 Å². The van der Waals surface area contributed by atoms with Crippen molar-refractivity contribution in [3.05, 3.63) is 71.7 Å². The summed E-state index contributed by atoms with van der Waals surface area (Å²) >= 11 is 0. The summed E-state index contributed by atoms with van der Waals surface area (Å²) in [6.45, 7) is 0.605. The average molecular weight is 366 g/mol. The second-order valence-corrected chi connectivity index (χ2v) is 6.62. The highest BCUT2D eigenvalue weighted by Crippen LogP contribution is 2.27. The molecule has 2 heterocycles. The molecule has 0 unspecified atom stereocenters. The highest BCUT2D eigenvalue weighted by molar-refractivity contribution is 6.11. The van der Waals surface area contributed by atoms with E-state index in [0.717, 1.165) is 5.56 Å². The van der Waals surface area contributed by atoms with E-state index in [4.69, 9.17) is 4.74 Å². The van der Waals surface area contributed by atoms with Crippen molar-refractivity contribution in [3.8, 4) is 0 Å². The standard InChI is InChI=1S/C21H19FN2O3/c22-16-8-4-9-17-19(16)15(12-23-17)20(25)18-10-5-11-24(18)21(26)27-13-14-6-2-1-3-7-14/h1-4,6-9,12,18,23H,5,10-11,13H2/t18-/m0/s1. The second kappa shape index (κ2) is 7.23. The maximum Gasteiger partial charge on any atom is 0.410 e. The van der Waals surface area contributed by atoms with Crippen LogP contribution in [0.15, 0.2) is 54.7 Å². The Kier molecular flexibility index (Phi) is 4.62. The van der Waals surface area contributed by atoms with Gasteiger partial charge in [0.25, 0.3) is 0 Å². The number of aromatic amines is 1. The van der Waals surface area contributed by atoms with Gasteiger partial charge < -0.3 is 9.72 Å². The molecular weight excluding hydrogens is 347 g/mol. The van der Waals surface area contributed by atoms with Gasteiger partial charge in [0, 0.05) is 29.2 Å². The van der Waals surface area contributed by atoms with E-state index >= 15 is 0 Å². The third-order valence-electron chi connectivity index (χ3n) is 4.92. The molecule has 1 saturated heterocycles. The smallest absolute Gasteiger partial charge is 0.410 e. The average Bonchev–Trinajstić information content (AvgIpc) is 3.34. The molecule has 27 heavy (non-hydrogen) atoms. The van der Waals surface area contributed by atoms with Crippen LogP contribution in [0.3, 0.4) is 0 Å². The fourth-order valence-electron chi connectivity index (χ4n) is 3.57. The Morgan fingerprint density at radius 2 is 1.96 bits per heavy atom. The van der Waals surface area contributed by atoms with Gasteiger partial charge in [-0.3, -0.25) is 9.69 Å². The molecule has 1 aromatic heterocycles. The van der Waals surface area contributed by atoms with Gasteiger partial charge in [-0.05, 0) is 30.5 Å². The molecule has 4 rings (SSSR count). The molecule has 0 aliphatic carbocycles. The molecular formula is C21H19FN2O3. The van der Waals surface area contributed by atoms with Gasteiger partial charge in [-0.2, -0.15) is 0 Å². The third kappa shape index (κ3) is 3.30. The van der Waals surface area contributed by atoms with Crippen LogP contribution in [0.1, 0.15) is 28.8 Å². The van der Waals surface area contributed by atoms with Gasteiger partial charge in [0.1, 0.15) is 12.4 Å². The van der Waals surface area contributed by atoms with Crippen molar-refractivity contribution in [1.82, 2.24) is 9.88 Å². The molecule has 1 N–H and O–H groups in total. The normalized spacial score (nSPS) is 16.6. The van der Waals surface area contributed by atoms with E-state index in [0.29, 0.717) is 24.9 Å². The maximum atomic E-state index is 14.2. The van der Waals surface area contributed by atoms with Crippen LogP contribution in [0.25, 0.3) is 10.9 Å². The lowest BCUT2D eigenvalue weighted by Gasteiger charge is -2.23. The maximum absolute atomic E-state index is 14.2. The number of ketones is 1. The summed E-state index contributed by atoms with van der Waals surface area (Å²) in [7, 11) is 0. The topological polar surface area (TPSA) is 62.4 Å². The summed E-state index contributed by atoms with van der Waals surface area (Å²) in [6.07, 6.45) is 2.25. The molecule has 0 bridgehead atoms. The molecule has 3 aromatic rings. The van der Waals surface area contributed by atoms with Gasteiger partial charge in [0.2, 0.25) is 0 Å². The predicted molar refractivity (Wildman–Crippen MR) is 98.9 cm³/mol. The number of ether oxygens (including phenoxy) is 1. The lowest BCUT2D eigenvalue weighted by Crippen LogP contribution is -2.40. The van der Waals surface area contributed by atoms with Crippen molar-refractivity contribution in [2.75, 3.05) is 6.54 Å². The van der Waals surface area contributed by atoms with Crippen LogP contribution in [-0.2, 0) is 11.3 Å². The van der Waals surface area contributed by atoms with E-state index in [-0.39, 0.29) is 23.3 Å². The summed E-state index contributed by atoms with van der Waals surface area (Å²) < 4.78 is 19.6. The van der Waals surface area contributed by atoms with Crippen LogP contribution in [0, 0.1) is 5.82 Å². The minimum absolute atomic E-state index is 0.152. The third-order valence-corrected chi connectivity index (χ3v) is 4.92. The molecule has 6 heteroatoms. The van der Waals surface area contributed by atoms with Crippen LogP contribution < -0.4 is 0 Å². The van der Waals surface area contributed by atoms with Gasteiger partial charge in [-0.25, -0.2) is 9.18 Å². The molecule has 1 amide bonds. The molecule has 1 fully saturated rings. The molecule has 0 radical (unpaired) electrons. The van der Waals surface area contributed by atoms with Crippen molar-refractivity contribution < 1.29 is 18.7 Å². The monoisotopic (exact) mass is 366 g/mol. The predicted octanol–water partition coefficient (Wildman–Crippen LogP) is 4.29. The van der Waals surface area contributed by atoms with Crippen molar-refractivity contribution >= 4 is 22.8 Å². The lowest BCUT2D eigenvalue weighted by atomic mass is 10.0. The van der Waals surface area contributed by atoms with Crippen molar-refractivity contribution in [1.29, 1.82) is 0 Å². The number of likely N-dealkylation sites (tertiary alicyclic amines) is 1. The zero-order valence-corrected chi connectivity index (χ0v) is 14.7. The first-order valence-electron chi connectivity index (χ1n) is 8.92. The molecule has 1 atom stereocenters. The number of nitrogens with one attached hydrogen (secondary N) is 1. The number of aromatic nitrogens is 1. The number of carbonyl (C=O) groups excluding carboxylic acids is 2. The first kappa shape index (κ1) is 17.3. The van der Waals surface area contributed by atoms with Crippen molar-refractivity contribution in [2.24, 2.45) is 0 Å². The number of H-pyrrole nitrogens is 1. The number of amides is 1. The lowest BCUT2D eigenvalue weighted by molar-refractivity contribution is 0.0739. The minimum Gasteiger partial charge on any atom is -0.445 e. The Labute approximate surface area is 155 Å². The second-order valence-electron chi connectivity index (χ2n) is 6.62. The number of hydrogen-bond acceptors (Lipinski definition) is 3. The molecule has 0 spiro atoms. The van der Waals surface area contributed by atoms with Gasteiger partial charge in [0.05, 0.1) is 6.04 Å². The molecule has 138 valence electrons. The molecule has 1 aliphatic rings. The van der Waals surface area contributed by atoms with E-state index in [1.807, 2.05) is 30.3 Å². The first-order chi connectivity index (χ1) is 13.1. The molecule has 1 aliphatic heterocycles. The Balaban J connectivity index is 1.52. The number of rotatable bonds is 4. The zero-order chi connectivity index (χ0) is 18.8. The number of hydrogen-bond donors (Lipinski definition) is 1. The Morgan fingerprint density at radius 1 is 1.15 bits per heavy atom. The Morgan fingerprint density at radius 3 is 2.78 bits per heavy atom. The van der Waals surface area contributed by atoms with Gasteiger partial charge in [-0.1, -0.05) is 36.4 Å². The van der Waals surface area contributed by atoms with Crippen LogP contribution in [0.2, 0.25) is 0 Å².